The molecule has 0 fully saturated rings. The molecule has 2 N–H and O–H groups in total. The highest BCUT2D eigenvalue weighted by atomic mass is 16.5. The smallest absolute Gasteiger partial charge is 0.272 e. The summed E-state index contributed by atoms with van der Waals surface area (Å²) in [5.74, 6) is 0.754. The summed E-state index contributed by atoms with van der Waals surface area (Å²) >= 11 is 0. The van der Waals surface area contributed by atoms with Crippen LogP contribution in [0.3, 0.4) is 0 Å². The van der Waals surface area contributed by atoms with E-state index in [1.165, 1.54) is 26.5 Å². The van der Waals surface area contributed by atoms with Crippen molar-refractivity contribution in [3.63, 3.8) is 0 Å². The summed E-state index contributed by atoms with van der Waals surface area (Å²) in [7, 11) is 3.06. The molecule has 20 heavy (non-hydrogen) atoms. The molecule has 0 unspecified atom stereocenters. The highest BCUT2D eigenvalue weighted by Crippen LogP contribution is 2.29. The molecule has 0 atom stereocenters. The van der Waals surface area contributed by atoms with Gasteiger partial charge in [0.15, 0.2) is 17.8 Å². The van der Waals surface area contributed by atoms with Gasteiger partial charge in [0.2, 0.25) is 0 Å². The van der Waals surface area contributed by atoms with Gasteiger partial charge in [-0.05, 0) is 18.2 Å². The lowest BCUT2D eigenvalue weighted by Gasteiger charge is -2.10. The third kappa shape index (κ3) is 2.80. The number of aldehydes is 1. The van der Waals surface area contributed by atoms with Gasteiger partial charge in [-0.2, -0.15) is 0 Å². The van der Waals surface area contributed by atoms with Crippen LogP contribution in [0.2, 0.25) is 0 Å². The standard InChI is InChI=1S/C14H14N2O4/c1-19-12-4-3-10(6-13(12)20-2)16-14(18)11-5-9(8-17)7-15-11/h3-8,15H,1-2H3,(H,16,18). The molecule has 0 saturated carbocycles. The second-order valence-electron chi connectivity index (χ2n) is 3.99. The van der Waals surface area contributed by atoms with Crippen molar-refractivity contribution in [1.82, 2.24) is 4.98 Å². The van der Waals surface area contributed by atoms with Gasteiger partial charge < -0.3 is 19.8 Å². The minimum atomic E-state index is -0.342. The number of anilines is 1. The molecule has 1 heterocycles. The third-order valence-electron chi connectivity index (χ3n) is 2.73. The molecule has 1 aromatic heterocycles. The van der Waals surface area contributed by atoms with Crippen LogP contribution in [-0.2, 0) is 0 Å². The Bertz CT molecular complexity index is 634. The second-order valence-corrected chi connectivity index (χ2v) is 3.99. The molecule has 6 nitrogen and oxygen atoms in total. The minimum absolute atomic E-state index is 0.307. The Morgan fingerprint density at radius 3 is 2.55 bits per heavy atom. The van der Waals surface area contributed by atoms with Crippen LogP contribution >= 0.6 is 0 Å². The quantitative estimate of drug-likeness (QED) is 0.818. The van der Waals surface area contributed by atoms with Crippen molar-refractivity contribution in [2.75, 3.05) is 19.5 Å². The van der Waals surface area contributed by atoms with Crippen LogP contribution < -0.4 is 14.8 Å². The van der Waals surface area contributed by atoms with E-state index in [-0.39, 0.29) is 5.91 Å². The van der Waals surface area contributed by atoms with Crippen LogP contribution in [-0.4, -0.2) is 31.4 Å². The lowest BCUT2D eigenvalue weighted by molar-refractivity contribution is 0.102. The average molecular weight is 274 g/mol. The molecule has 1 aromatic carbocycles. The number of aromatic amines is 1. The lowest BCUT2D eigenvalue weighted by Crippen LogP contribution is -2.12. The number of H-pyrrole nitrogens is 1. The van der Waals surface area contributed by atoms with E-state index in [4.69, 9.17) is 9.47 Å². The SMILES string of the molecule is COc1ccc(NC(=O)c2cc(C=O)c[nH]2)cc1OC. The van der Waals surface area contributed by atoms with Gasteiger partial charge in [0.05, 0.1) is 14.2 Å². The summed E-state index contributed by atoms with van der Waals surface area (Å²) in [4.78, 5) is 25.3. The first kappa shape index (κ1) is 13.7. The average Bonchev–Trinajstić information content (AvgIpc) is 2.96. The van der Waals surface area contributed by atoms with E-state index in [2.05, 4.69) is 10.3 Å². The van der Waals surface area contributed by atoms with E-state index < -0.39 is 0 Å². The van der Waals surface area contributed by atoms with E-state index in [0.29, 0.717) is 34.7 Å². The van der Waals surface area contributed by atoms with E-state index in [1.807, 2.05) is 0 Å². The summed E-state index contributed by atoms with van der Waals surface area (Å²) in [6, 6.07) is 6.52. The van der Waals surface area contributed by atoms with Gasteiger partial charge in [-0.25, -0.2) is 0 Å². The van der Waals surface area contributed by atoms with Gasteiger partial charge in [-0.3, -0.25) is 9.59 Å². The Balaban J connectivity index is 2.17. The largest absolute Gasteiger partial charge is 0.493 e. The maximum absolute atomic E-state index is 12.0. The summed E-state index contributed by atoms with van der Waals surface area (Å²) < 4.78 is 10.3. The number of aromatic nitrogens is 1. The fourth-order valence-corrected chi connectivity index (χ4v) is 1.72. The molecule has 0 saturated heterocycles. The summed E-state index contributed by atoms with van der Waals surface area (Å²) in [6.07, 6.45) is 2.14. The second kappa shape index (κ2) is 5.92. The molecule has 0 aliphatic rings. The number of benzene rings is 1. The van der Waals surface area contributed by atoms with Crippen LogP contribution in [0.15, 0.2) is 30.5 Å². The van der Waals surface area contributed by atoms with Gasteiger partial charge in [-0.15, -0.1) is 0 Å². The maximum atomic E-state index is 12.0. The van der Waals surface area contributed by atoms with Gasteiger partial charge in [0.25, 0.3) is 5.91 Å². The first-order valence-corrected chi connectivity index (χ1v) is 5.85. The predicted molar refractivity (Wildman–Crippen MR) is 73.7 cm³/mol. The number of ether oxygens (including phenoxy) is 2. The number of hydrogen-bond donors (Lipinski definition) is 2. The highest BCUT2D eigenvalue weighted by Gasteiger charge is 2.10. The van der Waals surface area contributed by atoms with Crippen molar-refractivity contribution in [3.8, 4) is 11.5 Å². The Morgan fingerprint density at radius 2 is 1.95 bits per heavy atom. The number of carbonyl (C=O) groups excluding carboxylic acids is 2. The number of methoxy groups -OCH3 is 2. The topological polar surface area (TPSA) is 80.4 Å². The number of nitrogens with one attached hydrogen (secondary N) is 2. The monoisotopic (exact) mass is 274 g/mol. The van der Waals surface area contributed by atoms with Crippen LogP contribution in [0.5, 0.6) is 11.5 Å². The lowest BCUT2D eigenvalue weighted by atomic mass is 10.2. The molecule has 0 aliphatic carbocycles. The Hall–Kier alpha value is -2.76. The first-order valence-electron chi connectivity index (χ1n) is 5.85. The molecule has 6 heteroatoms. The van der Waals surface area contributed by atoms with Crippen molar-refractivity contribution >= 4 is 17.9 Å². The van der Waals surface area contributed by atoms with Crippen LogP contribution in [0, 0.1) is 0 Å². The Kier molecular flexibility index (Phi) is 4.05. The number of carbonyl (C=O) groups is 2. The number of amides is 1. The molecular formula is C14H14N2O4. The van der Waals surface area contributed by atoms with E-state index in [9.17, 15) is 9.59 Å². The molecule has 0 bridgehead atoms. The zero-order valence-electron chi connectivity index (χ0n) is 11.1. The highest BCUT2D eigenvalue weighted by molar-refractivity contribution is 6.04. The molecule has 2 aromatic rings. The minimum Gasteiger partial charge on any atom is -0.493 e. The first-order chi connectivity index (χ1) is 9.67. The van der Waals surface area contributed by atoms with Gasteiger partial charge >= 0.3 is 0 Å². The fourth-order valence-electron chi connectivity index (χ4n) is 1.72. The molecule has 2 rings (SSSR count). The van der Waals surface area contributed by atoms with Crippen molar-refractivity contribution < 1.29 is 19.1 Å². The third-order valence-corrected chi connectivity index (χ3v) is 2.73. The molecular weight excluding hydrogens is 260 g/mol. The molecule has 0 spiro atoms. The molecule has 0 aliphatic heterocycles. The normalized spacial score (nSPS) is 9.90. The van der Waals surface area contributed by atoms with Crippen LogP contribution in [0.1, 0.15) is 20.8 Å². The number of rotatable bonds is 5. The Labute approximate surface area is 115 Å². The zero-order valence-corrected chi connectivity index (χ0v) is 11.1. The summed E-state index contributed by atoms with van der Waals surface area (Å²) in [6.45, 7) is 0. The van der Waals surface area contributed by atoms with E-state index in [0.717, 1.165) is 0 Å². The molecule has 104 valence electrons. The maximum Gasteiger partial charge on any atom is 0.272 e. The van der Waals surface area contributed by atoms with Gasteiger partial charge in [0, 0.05) is 23.5 Å². The van der Waals surface area contributed by atoms with Gasteiger partial charge in [-0.1, -0.05) is 0 Å². The summed E-state index contributed by atoms with van der Waals surface area (Å²) in [5, 5.41) is 2.70. The molecule has 0 radical (unpaired) electrons. The Morgan fingerprint density at radius 1 is 1.20 bits per heavy atom. The number of hydrogen-bond acceptors (Lipinski definition) is 4. The van der Waals surface area contributed by atoms with Crippen LogP contribution in [0.25, 0.3) is 0 Å². The van der Waals surface area contributed by atoms with E-state index >= 15 is 0 Å². The van der Waals surface area contributed by atoms with E-state index in [1.54, 1.807) is 18.2 Å². The molecule has 1 amide bonds. The van der Waals surface area contributed by atoms with Crippen molar-refractivity contribution in [2.45, 2.75) is 0 Å². The predicted octanol–water partition coefficient (Wildman–Crippen LogP) is 2.10. The van der Waals surface area contributed by atoms with Crippen molar-refractivity contribution in [3.05, 3.63) is 41.7 Å². The van der Waals surface area contributed by atoms with Gasteiger partial charge in [0.1, 0.15) is 5.69 Å². The van der Waals surface area contributed by atoms with Crippen molar-refractivity contribution in [1.29, 1.82) is 0 Å². The van der Waals surface area contributed by atoms with Crippen LogP contribution in [0.4, 0.5) is 5.69 Å². The zero-order chi connectivity index (χ0) is 14.5. The van der Waals surface area contributed by atoms with Crippen molar-refractivity contribution in [2.24, 2.45) is 0 Å². The summed E-state index contributed by atoms with van der Waals surface area (Å²) in [5.41, 5.74) is 1.29. The fraction of sp³-hybridized carbons (Fsp3) is 0.143.